The van der Waals surface area contributed by atoms with E-state index in [0.717, 1.165) is 37.2 Å². The van der Waals surface area contributed by atoms with E-state index in [1.165, 1.54) is 0 Å². The molecule has 0 saturated carbocycles. The van der Waals surface area contributed by atoms with Crippen molar-refractivity contribution in [3.8, 4) is 11.6 Å². The lowest BCUT2D eigenvalue weighted by molar-refractivity contribution is 0.0918. The van der Waals surface area contributed by atoms with E-state index in [-0.39, 0.29) is 12.1 Å². The van der Waals surface area contributed by atoms with Gasteiger partial charge in [0.05, 0.1) is 0 Å². The van der Waals surface area contributed by atoms with Crippen molar-refractivity contribution < 1.29 is 19.3 Å². The summed E-state index contributed by atoms with van der Waals surface area (Å²) in [6, 6.07) is 11.2. The summed E-state index contributed by atoms with van der Waals surface area (Å²) in [5, 5.41) is 21.6. The number of methoxy groups -OCH3 is 1. The van der Waals surface area contributed by atoms with Crippen molar-refractivity contribution in [1.82, 2.24) is 15.5 Å². The van der Waals surface area contributed by atoms with Crippen LogP contribution in [0.15, 0.2) is 36.4 Å². The first-order valence-corrected chi connectivity index (χ1v) is 10.5. The summed E-state index contributed by atoms with van der Waals surface area (Å²) < 4.78 is 16.6. The van der Waals surface area contributed by atoms with E-state index in [9.17, 15) is 5.11 Å². The zero-order valence-corrected chi connectivity index (χ0v) is 18.7. The Morgan fingerprint density at radius 1 is 1.10 bits per heavy atom. The number of nitrogens with one attached hydrogen (secondary N) is 1. The first-order chi connectivity index (χ1) is 14.4. The van der Waals surface area contributed by atoms with Gasteiger partial charge in [0.15, 0.2) is 5.15 Å². The minimum Gasteiger partial charge on any atom is -0.491 e. The topological polar surface area (TPSA) is 85.7 Å². The van der Waals surface area contributed by atoms with Crippen LogP contribution in [-0.2, 0) is 11.2 Å². The van der Waals surface area contributed by atoms with Crippen LogP contribution < -0.4 is 14.8 Å². The number of unbranched alkanes of at least 4 members (excludes halogenated alkanes) is 1. The number of aliphatic hydroxyl groups is 1. The molecule has 1 unspecified atom stereocenters. The van der Waals surface area contributed by atoms with Gasteiger partial charge in [-0.1, -0.05) is 29.8 Å². The third-order valence-electron chi connectivity index (χ3n) is 4.45. The lowest BCUT2D eigenvalue weighted by atomic mass is 10.1. The highest BCUT2D eigenvalue weighted by Gasteiger charge is 2.20. The molecule has 0 radical (unpaired) electrons. The van der Waals surface area contributed by atoms with Crippen LogP contribution in [0.1, 0.15) is 32.3 Å². The molecule has 8 heteroatoms. The Bertz CT molecular complexity index is 743. The van der Waals surface area contributed by atoms with Gasteiger partial charge in [0.1, 0.15) is 25.1 Å². The van der Waals surface area contributed by atoms with E-state index in [1.54, 1.807) is 19.2 Å². The minimum absolute atomic E-state index is 0.210. The van der Waals surface area contributed by atoms with Crippen molar-refractivity contribution in [3.05, 3.63) is 47.1 Å². The second-order valence-electron chi connectivity index (χ2n) is 7.77. The molecule has 2 rings (SSSR count). The van der Waals surface area contributed by atoms with Gasteiger partial charge in [0, 0.05) is 31.9 Å². The highest BCUT2D eigenvalue weighted by atomic mass is 35.5. The maximum Gasteiger partial charge on any atom is 0.233 e. The molecule has 0 bridgehead atoms. The second kappa shape index (κ2) is 12.7. The molecule has 1 heterocycles. The number of hydrogen-bond acceptors (Lipinski definition) is 7. The van der Waals surface area contributed by atoms with Gasteiger partial charge < -0.3 is 24.6 Å². The predicted octanol–water partition coefficient (Wildman–Crippen LogP) is 3.29. The van der Waals surface area contributed by atoms with Gasteiger partial charge >= 0.3 is 0 Å². The van der Waals surface area contributed by atoms with Crippen molar-refractivity contribution in [1.29, 1.82) is 0 Å². The summed E-state index contributed by atoms with van der Waals surface area (Å²) in [5.41, 5.74) is 0.772. The van der Waals surface area contributed by atoms with Crippen LogP contribution in [0.2, 0.25) is 5.15 Å². The Morgan fingerprint density at radius 2 is 1.90 bits per heavy atom. The molecule has 0 aliphatic carbocycles. The lowest BCUT2D eigenvalue weighted by Gasteiger charge is -2.27. The Morgan fingerprint density at radius 3 is 2.63 bits per heavy atom. The van der Waals surface area contributed by atoms with Gasteiger partial charge in [-0.3, -0.25) is 0 Å². The number of rotatable bonds is 14. The van der Waals surface area contributed by atoms with Crippen LogP contribution >= 0.6 is 11.6 Å². The molecule has 2 aromatic rings. The van der Waals surface area contributed by atoms with Gasteiger partial charge in [0.2, 0.25) is 5.88 Å². The summed E-state index contributed by atoms with van der Waals surface area (Å²) >= 11 is 5.72. The Kier molecular flexibility index (Phi) is 10.3. The van der Waals surface area contributed by atoms with Crippen molar-refractivity contribution in [3.63, 3.8) is 0 Å². The monoisotopic (exact) mass is 437 g/mol. The summed E-state index contributed by atoms with van der Waals surface area (Å²) in [4.78, 5) is 0. The normalized spacial score (nSPS) is 12.6. The van der Waals surface area contributed by atoms with Crippen molar-refractivity contribution >= 4 is 11.6 Å². The van der Waals surface area contributed by atoms with Gasteiger partial charge in [-0.05, 0) is 50.8 Å². The second-order valence-corrected chi connectivity index (χ2v) is 8.16. The third kappa shape index (κ3) is 9.26. The van der Waals surface area contributed by atoms with E-state index in [0.29, 0.717) is 24.2 Å². The third-order valence-corrected chi connectivity index (χ3v) is 4.65. The van der Waals surface area contributed by atoms with Crippen LogP contribution in [0.3, 0.4) is 0 Å². The smallest absolute Gasteiger partial charge is 0.233 e. The summed E-state index contributed by atoms with van der Waals surface area (Å²) in [6.07, 6.45) is 2.31. The molecule has 2 N–H and O–H groups in total. The number of ether oxygens (including phenoxy) is 3. The Hall–Kier alpha value is -1.93. The summed E-state index contributed by atoms with van der Waals surface area (Å²) in [7, 11) is 1.71. The molecule has 1 aromatic carbocycles. The molecule has 1 aromatic heterocycles. The standard InChI is InChI=1S/C22H32ClN3O4/c1-22(2,16-30-21-12-11-20(23)25-26-21)24-14-18(27)15-29-19-10-5-4-8-17(19)9-6-7-13-28-3/h4-5,8,10-12,18,24,27H,6-7,9,13-16H2,1-3H3. The number of β-amino-alcohol motifs (C(OH)–C–C–N with tert-alkyl or cyclic N) is 1. The molecule has 7 nitrogen and oxygen atoms in total. The zero-order chi connectivity index (χ0) is 21.8. The number of para-hydroxylation sites is 1. The predicted molar refractivity (Wildman–Crippen MR) is 117 cm³/mol. The van der Waals surface area contributed by atoms with Crippen LogP contribution in [0.5, 0.6) is 11.6 Å². The Balaban J connectivity index is 1.73. The maximum absolute atomic E-state index is 10.3. The highest BCUT2D eigenvalue weighted by molar-refractivity contribution is 6.29. The lowest BCUT2D eigenvalue weighted by Crippen LogP contribution is -2.48. The number of nitrogens with zero attached hydrogens (tertiary/aromatic N) is 2. The molecule has 0 saturated heterocycles. The van der Waals surface area contributed by atoms with Crippen molar-refractivity contribution in [2.75, 3.05) is 33.5 Å². The fraction of sp³-hybridized carbons (Fsp3) is 0.545. The number of aromatic nitrogens is 2. The van der Waals surface area contributed by atoms with E-state index in [4.69, 9.17) is 25.8 Å². The van der Waals surface area contributed by atoms with Gasteiger partial charge in [-0.15, -0.1) is 10.2 Å². The molecule has 30 heavy (non-hydrogen) atoms. The van der Waals surface area contributed by atoms with Gasteiger partial charge in [0.25, 0.3) is 0 Å². The van der Waals surface area contributed by atoms with Crippen molar-refractivity contribution in [2.24, 2.45) is 0 Å². The SMILES string of the molecule is COCCCCc1ccccc1OCC(O)CNC(C)(C)COc1ccc(Cl)nn1. The van der Waals surface area contributed by atoms with Crippen LogP contribution in [0, 0.1) is 0 Å². The number of aryl methyl sites for hydroxylation is 1. The minimum atomic E-state index is -0.652. The Labute approximate surface area is 183 Å². The summed E-state index contributed by atoms with van der Waals surface area (Å²) in [6.45, 7) is 5.68. The fourth-order valence-electron chi connectivity index (χ4n) is 2.74. The average Bonchev–Trinajstić information content (AvgIpc) is 2.74. The van der Waals surface area contributed by atoms with E-state index in [1.807, 2.05) is 32.0 Å². The van der Waals surface area contributed by atoms with E-state index >= 15 is 0 Å². The quantitative estimate of drug-likeness (QED) is 0.438. The summed E-state index contributed by atoms with van der Waals surface area (Å²) in [5.74, 6) is 1.22. The molecular formula is C22H32ClN3O4. The van der Waals surface area contributed by atoms with Crippen LogP contribution in [-0.4, -0.2) is 60.4 Å². The fourth-order valence-corrected chi connectivity index (χ4v) is 2.84. The molecule has 0 spiro atoms. The van der Waals surface area contributed by atoms with Crippen molar-refractivity contribution in [2.45, 2.75) is 44.8 Å². The van der Waals surface area contributed by atoms with Crippen LogP contribution in [0.4, 0.5) is 0 Å². The molecule has 166 valence electrons. The molecule has 0 aliphatic heterocycles. The molecule has 1 atom stereocenters. The molecule has 0 aliphatic rings. The molecule has 0 amide bonds. The first kappa shape index (κ1) is 24.3. The maximum atomic E-state index is 10.3. The van der Waals surface area contributed by atoms with Gasteiger partial charge in [-0.25, -0.2) is 0 Å². The first-order valence-electron chi connectivity index (χ1n) is 10.1. The average molecular weight is 438 g/mol. The van der Waals surface area contributed by atoms with E-state index < -0.39 is 6.10 Å². The number of hydrogen-bond donors (Lipinski definition) is 2. The van der Waals surface area contributed by atoms with Crippen LogP contribution in [0.25, 0.3) is 0 Å². The molecular weight excluding hydrogens is 406 g/mol. The molecule has 0 fully saturated rings. The number of benzene rings is 1. The van der Waals surface area contributed by atoms with Gasteiger partial charge in [-0.2, -0.15) is 0 Å². The van der Waals surface area contributed by atoms with E-state index in [2.05, 4.69) is 21.6 Å². The largest absolute Gasteiger partial charge is 0.491 e. The number of aliphatic hydroxyl groups excluding tert-OH is 1. The number of halogens is 1. The highest BCUT2D eigenvalue weighted by Crippen LogP contribution is 2.20. The zero-order valence-electron chi connectivity index (χ0n) is 17.9.